The Labute approximate surface area is 69.3 Å². The lowest BCUT2D eigenvalue weighted by Gasteiger charge is -2.11. The first-order valence-electron chi connectivity index (χ1n) is 3.36. The van der Waals surface area contributed by atoms with Crippen molar-refractivity contribution in [1.29, 1.82) is 0 Å². The van der Waals surface area contributed by atoms with Crippen LogP contribution >= 0.6 is 7.60 Å². The summed E-state index contributed by atoms with van der Waals surface area (Å²) in [6.45, 7) is -0.508. The number of hydrogen-bond acceptors (Lipinski definition) is 6. The molecule has 1 aliphatic rings. The second-order valence-electron chi connectivity index (χ2n) is 2.45. The molecule has 7 heteroatoms. The third kappa shape index (κ3) is 1.42. The van der Waals surface area contributed by atoms with Crippen molar-refractivity contribution in [1.82, 2.24) is 0 Å². The number of aliphatic hydroxyl groups excluding tert-OH is 3. The Morgan fingerprint density at radius 1 is 1.58 bits per heavy atom. The van der Waals surface area contributed by atoms with Gasteiger partial charge in [0.1, 0.15) is 12.2 Å². The summed E-state index contributed by atoms with van der Waals surface area (Å²) in [6, 6.07) is 0. The minimum Gasteiger partial charge on any atom is -0.394 e. The molecule has 1 heterocycles. The zero-order valence-corrected chi connectivity index (χ0v) is 7.35. The standard InChI is InChI=1S/C5H11O6P/c1-10-12(9)5(8)4(7)3(2-6)11-12/h3-8H,2H2,1H3/t3-,4-,5-,12+/m1/s1. The van der Waals surface area contributed by atoms with Crippen LogP contribution in [0.5, 0.6) is 0 Å². The molecular weight excluding hydrogens is 187 g/mol. The summed E-state index contributed by atoms with van der Waals surface area (Å²) in [5.74, 6) is -1.57. The molecule has 1 saturated heterocycles. The van der Waals surface area contributed by atoms with Gasteiger partial charge in [-0.1, -0.05) is 0 Å². The van der Waals surface area contributed by atoms with E-state index < -0.39 is 32.3 Å². The Bertz CT molecular complexity index is 206. The van der Waals surface area contributed by atoms with Crippen LogP contribution in [0.4, 0.5) is 0 Å². The first-order valence-corrected chi connectivity index (χ1v) is 4.97. The van der Waals surface area contributed by atoms with E-state index in [-0.39, 0.29) is 0 Å². The minimum absolute atomic E-state index is 0.508. The quantitative estimate of drug-likeness (QED) is 0.487. The van der Waals surface area contributed by atoms with Crippen LogP contribution in [0.3, 0.4) is 0 Å². The van der Waals surface area contributed by atoms with Gasteiger partial charge in [-0.2, -0.15) is 0 Å². The molecule has 0 aromatic carbocycles. The first-order chi connectivity index (χ1) is 5.55. The summed E-state index contributed by atoms with van der Waals surface area (Å²) in [7, 11) is -2.52. The van der Waals surface area contributed by atoms with Gasteiger partial charge in [-0.15, -0.1) is 0 Å². The Morgan fingerprint density at radius 3 is 2.42 bits per heavy atom. The number of aliphatic hydroxyl groups is 3. The van der Waals surface area contributed by atoms with Gasteiger partial charge in [0, 0.05) is 7.11 Å². The van der Waals surface area contributed by atoms with Crippen LogP contribution in [0.1, 0.15) is 0 Å². The number of rotatable bonds is 2. The molecule has 0 spiro atoms. The molecule has 0 aromatic heterocycles. The molecule has 1 aliphatic heterocycles. The molecule has 0 saturated carbocycles. The van der Waals surface area contributed by atoms with Gasteiger partial charge >= 0.3 is 7.60 Å². The average molecular weight is 198 g/mol. The van der Waals surface area contributed by atoms with Crippen molar-refractivity contribution in [2.45, 2.75) is 18.1 Å². The highest BCUT2D eigenvalue weighted by molar-refractivity contribution is 7.54. The van der Waals surface area contributed by atoms with Gasteiger partial charge < -0.3 is 19.8 Å². The zero-order valence-electron chi connectivity index (χ0n) is 6.45. The predicted octanol–water partition coefficient (Wildman–Crippen LogP) is -1.10. The second-order valence-corrected chi connectivity index (χ2v) is 4.64. The highest BCUT2D eigenvalue weighted by Crippen LogP contribution is 2.58. The van der Waals surface area contributed by atoms with Gasteiger partial charge in [0.25, 0.3) is 0 Å². The molecule has 0 amide bonds. The normalized spacial score (nSPS) is 48.2. The largest absolute Gasteiger partial charge is 0.394 e. The van der Waals surface area contributed by atoms with Crippen molar-refractivity contribution in [3.63, 3.8) is 0 Å². The van der Waals surface area contributed by atoms with Crippen LogP contribution in [0, 0.1) is 0 Å². The van der Waals surface area contributed by atoms with E-state index in [4.69, 9.17) is 15.3 Å². The fourth-order valence-corrected chi connectivity index (χ4v) is 2.55. The number of hydrogen-bond donors (Lipinski definition) is 3. The van der Waals surface area contributed by atoms with Crippen molar-refractivity contribution < 1.29 is 28.9 Å². The fraction of sp³-hybridized carbons (Fsp3) is 1.00. The summed E-state index contributed by atoms with van der Waals surface area (Å²) in [4.78, 5) is 0. The maximum Gasteiger partial charge on any atom is 0.361 e. The van der Waals surface area contributed by atoms with Crippen LogP contribution in [-0.4, -0.2) is 47.1 Å². The van der Waals surface area contributed by atoms with Gasteiger partial charge in [0.2, 0.25) is 0 Å². The van der Waals surface area contributed by atoms with Crippen molar-refractivity contribution in [3.8, 4) is 0 Å². The van der Waals surface area contributed by atoms with Gasteiger partial charge in [-0.05, 0) is 0 Å². The second kappa shape index (κ2) is 3.41. The molecule has 0 bridgehead atoms. The summed E-state index contributed by atoms with van der Waals surface area (Å²) in [6.07, 6.45) is -2.40. The predicted molar refractivity (Wildman–Crippen MR) is 38.6 cm³/mol. The van der Waals surface area contributed by atoms with E-state index in [0.717, 1.165) is 7.11 Å². The molecule has 1 rings (SSSR count). The monoisotopic (exact) mass is 198 g/mol. The minimum atomic E-state index is -3.63. The molecule has 3 N–H and O–H groups in total. The van der Waals surface area contributed by atoms with E-state index in [1.807, 2.05) is 0 Å². The topological polar surface area (TPSA) is 96.2 Å². The third-order valence-electron chi connectivity index (χ3n) is 1.73. The van der Waals surface area contributed by atoms with Crippen LogP contribution in [-0.2, 0) is 13.6 Å². The molecule has 6 nitrogen and oxygen atoms in total. The van der Waals surface area contributed by atoms with Gasteiger partial charge in [0.15, 0.2) is 5.85 Å². The summed E-state index contributed by atoms with van der Waals surface area (Å²) in [5.41, 5.74) is 0. The van der Waals surface area contributed by atoms with Crippen molar-refractivity contribution in [2.24, 2.45) is 0 Å². The lowest BCUT2D eigenvalue weighted by Crippen LogP contribution is -2.31. The van der Waals surface area contributed by atoms with Crippen LogP contribution in [0.25, 0.3) is 0 Å². The van der Waals surface area contributed by atoms with E-state index >= 15 is 0 Å². The molecule has 0 aromatic rings. The highest BCUT2D eigenvalue weighted by atomic mass is 31.2. The molecule has 12 heavy (non-hydrogen) atoms. The maximum atomic E-state index is 11.3. The van der Waals surface area contributed by atoms with Gasteiger partial charge in [0.05, 0.1) is 6.61 Å². The summed E-state index contributed by atoms with van der Waals surface area (Å²) in [5, 5.41) is 26.9. The van der Waals surface area contributed by atoms with E-state index in [1.54, 1.807) is 0 Å². The molecule has 0 radical (unpaired) electrons. The Hall–Kier alpha value is 0.0300. The fourth-order valence-electron chi connectivity index (χ4n) is 0.985. The SMILES string of the molecule is CO[P@]1(=O)O[C@H](CO)[C@@H](O)[C@@H]1O. The van der Waals surface area contributed by atoms with Crippen molar-refractivity contribution >= 4 is 7.60 Å². The Kier molecular flexibility index (Phi) is 2.88. The van der Waals surface area contributed by atoms with E-state index in [0.29, 0.717) is 0 Å². The summed E-state index contributed by atoms with van der Waals surface area (Å²) >= 11 is 0. The lowest BCUT2D eigenvalue weighted by atomic mass is 10.2. The summed E-state index contributed by atoms with van der Waals surface area (Å²) < 4.78 is 20.4. The molecule has 0 unspecified atom stereocenters. The first kappa shape index (κ1) is 10.1. The van der Waals surface area contributed by atoms with E-state index in [9.17, 15) is 4.57 Å². The molecular formula is C5H11O6P. The molecule has 72 valence electrons. The smallest absolute Gasteiger partial charge is 0.361 e. The zero-order chi connectivity index (χ0) is 9.35. The molecule has 4 atom stereocenters. The van der Waals surface area contributed by atoms with Crippen LogP contribution < -0.4 is 0 Å². The third-order valence-corrected chi connectivity index (χ3v) is 3.75. The van der Waals surface area contributed by atoms with E-state index in [1.165, 1.54) is 0 Å². The lowest BCUT2D eigenvalue weighted by molar-refractivity contribution is -0.00131. The molecule has 0 aliphatic carbocycles. The molecule has 1 fully saturated rings. The van der Waals surface area contributed by atoms with Gasteiger partial charge in [-0.3, -0.25) is 9.09 Å². The maximum absolute atomic E-state index is 11.3. The van der Waals surface area contributed by atoms with Crippen LogP contribution in [0.15, 0.2) is 0 Å². The van der Waals surface area contributed by atoms with Crippen LogP contribution in [0.2, 0.25) is 0 Å². The van der Waals surface area contributed by atoms with Gasteiger partial charge in [-0.25, -0.2) is 0 Å². The Balaban J connectivity index is 2.80. The van der Waals surface area contributed by atoms with E-state index in [2.05, 4.69) is 9.05 Å². The van der Waals surface area contributed by atoms with Crippen molar-refractivity contribution in [2.75, 3.05) is 13.7 Å². The average Bonchev–Trinajstić information content (AvgIpc) is 2.31. The highest BCUT2D eigenvalue weighted by Gasteiger charge is 2.51. The van der Waals surface area contributed by atoms with Crippen molar-refractivity contribution in [3.05, 3.63) is 0 Å². The Morgan fingerprint density at radius 2 is 2.17 bits per heavy atom.